The van der Waals surface area contributed by atoms with Crippen LogP contribution in [-0.4, -0.2) is 67.0 Å². The first-order valence-electron chi connectivity index (χ1n) is 11.9. The number of carbonyl (C=O) groups is 2. The highest BCUT2D eigenvalue weighted by Crippen LogP contribution is 2.30. The van der Waals surface area contributed by atoms with Crippen molar-refractivity contribution in [2.75, 3.05) is 19.0 Å². The Kier molecular flexibility index (Phi) is 8.14. The largest absolute Gasteiger partial charge is 0.487 e. The van der Waals surface area contributed by atoms with Crippen LogP contribution in [0, 0.1) is 0 Å². The van der Waals surface area contributed by atoms with Gasteiger partial charge in [-0.1, -0.05) is 0 Å². The second-order valence-electron chi connectivity index (χ2n) is 8.61. The third kappa shape index (κ3) is 6.20. The number of amides is 1. The minimum atomic E-state index is -4.19. The molecule has 204 valence electrons. The average molecular weight is 548 g/mol. The van der Waals surface area contributed by atoms with Crippen LogP contribution < -0.4 is 19.5 Å². The molecule has 2 aromatic heterocycles. The summed E-state index contributed by atoms with van der Waals surface area (Å²) in [5.41, 5.74) is 1.59. The summed E-state index contributed by atoms with van der Waals surface area (Å²) in [6, 6.07) is 6.77. The number of fused-ring (bicyclic) bond motifs is 1. The molecule has 0 aliphatic carbocycles. The standard InChI is InChI=1S/C24H29N5O8S/c1-5-35-24-18(11-22(31)37-24)28-38(32,33)20-8-6-16(26-15(3)30)10-19(20)36-14(2)12-29-13-25-17-7-9-21(34-4)27-23(17)29/h6-10,13-14,18,24,28H,5,11-12H2,1-4H3,(H,26,30)/t14-,18?,24?/m1/s1. The van der Waals surface area contributed by atoms with Crippen LogP contribution in [0.3, 0.4) is 0 Å². The fourth-order valence-electron chi connectivity index (χ4n) is 4.01. The number of rotatable bonds is 11. The number of cyclic esters (lactones) is 1. The Morgan fingerprint density at radius 2 is 2.08 bits per heavy atom. The van der Waals surface area contributed by atoms with Gasteiger partial charge in [0, 0.05) is 31.4 Å². The smallest absolute Gasteiger partial charge is 0.310 e. The van der Waals surface area contributed by atoms with Gasteiger partial charge in [-0.15, -0.1) is 0 Å². The van der Waals surface area contributed by atoms with Gasteiger partial charge < -0.3 is 28.8 Å². The molecular weight excluding hydrogens is 518 g/mol. The number of hydrogen-bond acceptors (Lipinski definition) is 10. The molecule has 1 aromatic carbocycles. The van der Waals surface area contributed by atoms with Gasteiger partial charge in [0.05, 0.1) is 32.4 Å². The van der Waals surface area contributed by atoms with Crippen molar-refractivity contribution in [3.05, 3.63) is 36.7 Å². The monoisotopic (exact) mass is 547 g/mol. The van der Waals surface area contributed by atoms with Gasteiger partial charge in [0.25, 0.3) is 0 Å². The van der Waals surface area contributed by atoms with Gasteiger partial charge in [0.15, 0.2) is 5.65 Å². The summed E-state index contributed by atoms with van der Waals surface area (Å²) >= 11 is 0. The highest BCUT2D eigenvalue weighted by Gasteiger charge is 2.39. The van der Waals surface area contributed by atoms with Gasteiger partial charge in [0.1, 0.15) is 22.3 Å². The van der Waals surface area contributed by atoms with Gasteiger partial charge in [-0.3, -0.25) is 9.59 Å². The first-order chi connectivity index (χ1) is 18.1. The van der Waals surface area contributed by atoms with Crippen LogP contribution in [0.2, 0.25) is 0 Å². The van der Waals surface area contributed by atoms with E-state index in [0.29, 0.717) is 22.7 Å². The molecule has 0 bridgehead atoms. The molecule has 13 nitrogen and oxygen atoms in total. The molecule has 1 amide bonds. The number of aromatic nitrogens is 3. The molecular formula is C24H29N5O8S. The Bertz CT molecular complexity index is 1440. The molecule has 1 fully saturated rings. The number of nitrogens with zero attached hydrogens (tertiary/aromatic N) is 3. The van der Waals surface area contributed by atoms with Crippen LogP contribution >= 0.6 is 0 Å². The number of imidazole rings is 1. The lowest BCUT2D eigenvalue weighted by atomic mass is 10.2. The van der Waals surface area contributed by atoms with Crippen molar-refractivity contribution in [2.24, 2.45) is 0 Å². The van der Waals surface area contributed by atoms with Crippen LogP contribution in [0.5, 0.6) is 11.6 Å². The Morgan fingerprint density at radius 1 is 1.29 bits per heavy atom. The molecule has 1 aliphatic heterocycles. The van der Waals surface area contributed by atoms with Gasteiger partial charge in [0.2, 0.25) is 28.1 Å². The number of benzene rings is 1. The maximum absolute atomic E-state index is 13.4. The molecule has 3 heterocycles. The van der Waals surface area contributed by atoms with Crippen LogP contribution in [0.25, 0.3) is 11.2 Å². The average Bonchev–Trinajstić information content (AvgIpc) is 3.40. The number of ether oxygens (including phenoxy) is 4. The van der Waals surface area contributed by atoms with E-state index in [1.165, 1.54) is 32.2 Å². The highest BCUT2D eigenvalue weighted by atomic mass is 32.2. The molecule has 1 aliphatic rings. The quantitative estimate of drug-likeness (QED) is 0.339. The molecule has 38 heavy (non-hydrogen) atoms. The molecule has 0 saturated carbocycles. The van der Waals surface area contributed by atoms with E-state index in [4.69, 9.17) is 18.9 Å². The zero-order chi connectivity index (χ0) is 27.4. The van der Waals surface area contributed by atoms with Crippen LogP contribution in [0.15, 0.2) is 41.6 Å². The van der Waals surface area contributed by atoms with Crippen LogP contribution in [-0.2, 0) is 35.6 Å². The van der Waals surface area contributed by atoms with Gasteiger partial charge >= 0.3 is 5.97 Å². The lowest BCUT2D eigenvalue weighted by Crippen LogP contribution is -2.41. The number of nitrogens with one attached hydrogen (secondary N) is 2. The number of esters is 1. The van der Waals surface area contributed by atoms with E-state index in [9.17, 15) is 18.0 Å². The second kappa shape index (κ2) is 11.3. The number of pyridine rings is 1. The predicted molar refractivity (Wildman–Crippen MR) is 135 cm³/mol. The molecule has 3 aromatic rings. The van der Waals surface area contributed by atoms with Crippen molar-refractivity contribution < 1.29 is 37.0 Å². The van der Waals surface area contributed by atoms with E-state index in [2.05, 4.69) is 20.0 Å². The van der Waals surface area contributed by atoms with Crippen molar-refractivity contribution in [3.8, 4) is 11.6 Å². The molecule has 3 atom stereocenters. The molecule has 14 heteroatoms. The number of methoxy groups -OCH3 is 1. The van der Waals surface area contributed by atoms with E-state index in [1.54, 1.807) is 36.9 Å². The lowest BCUT2D eigenvalue weighted by Gasteiger charge is -2.22. The lowest BCUT2D eigenvalue weighted by molar-refractivity contribution is -0.163. The van der Waals surface area contributed by atoms with E-state index in [1.807, 2.05) is 0 Å². The minimum Gasteiger partial charge on any atom is -0.487 e. The molecule has 0 radical (unpaired) electrons. The zero-order valence-electron chi connectivity index (χ0n) is 21.3. The van der Waals surface area contributed by atoms with E-state index < -0.39 is 34.4 Å². The van der Waals surface area contributed by atoms with Crippen LogP contribution in [0.1, 0.15) is 27.2 Å². The Morgan fingerprint density at radius 3 is 2.79 bits per heavy atom. The number of sulfonamides is 1. The first kappa shape index (κ1) is 27.3. The molecule has 0 spiro atoms. The summed E-state index contributed by atoms with van der Waals surface area (Å²) in [6.07, 6.45) is -0.155. The Labute approximate surface area is 219 Å². The topological polar surface area (TPSA) is 160 Å². The zero-order valence-corrected chi connectivity index (χ0v) is 22.1. The SMILES string of the molecule is CCOC1OC(=O)CC1NS(=O)(=O)c1ccc(NC(C)=O)cc1O[C@H](C)Cn1cnc2ccc(OC)nc21. The van der Waals surface area contributed by atoms with E-state index >= 15 is 0 Å². The van der Waals surface area contributed by atoms with Gasteiger partial charge in [-0.2, -0.15) is 4.98 Å². The maximum Gasteiger partial charge on any atom is 0.310 e. The summed E-state index contributed by atoms with van der Waals surface area (Å²) in [6.45, 7) is 5.32. The minimum absolute atomic E-state index is 0.00409. The van der Waals surface area contributed by atoms with Crippen molar-refractivity contribution in [3.63, 3.8) is 0 Å². The summed E-state index contributed by atoms with van der Waals surface area (Å²) in [7, 11) is -2.68. The first-order valence-corrected chi connectivity index (χ1v) is 13.4. The van der Waals surface area contributed by atoms with Crippen molar-refractivity contribution in [1.82, 2.24) is 19.3 Å². The number of anilines is 1. The van der Waals surface area contributed by atoms with E-state index in [-0.39, 0.29) is 36.1 Å². The second-order valence-corrected chi connectivity index (χ2v) is 10.3. The fourth-order valence-corrected chi connectivity index (χ4v) is 5.35. The van der Waals surface area contributed by atoms with Crippen molar-refractivity contribution in [1.29, 1.82) is 0 Å². The maximum atomic E-state index is 13.4. The number of carbonyl (C=O) groups excluding carboxylic acids is 2. The van der Waals surface area contributed by atoms with Gasteiger partial charge in [-0.25, -0.2) is 18.1 Å². The summed E-state index contributed by atoms with van der Waals surface area (Å²) in [5.74, 6) is -0.469. The molecule has 4 rings (SSSR count). The predicted octanol–water partition coefficient (Wildman–Crippen LogP) is 1.82. The highest BCUT2D eigenvalue weighted by molar-refractivity contribution is 7.89. The molecule has 2 N–H and O–H groups in total. The third-order valence-electron chi connectivity index (χ3n) is 5.58. The third-order valence-corrected chi connectivity index (χ3v) is 7.11. The van der Waals surface area contributed by atoms with Crippen molar-refractivity contribution in [2.45, 2.75) is 57.1 Å². The normalized spacial score (nSPS) is 18.3. The fraction of sp³-hybridized carbons (Fsp3) is 0.417. The Hall–Kier alpha value is -3.75. The van der Waals surface area contributed by atoms with E-state index in [0.717, 1.165) is 0 Å². The van der Waals surface area contributed by atoms with Crippen molar-refractivity contribution >= 4 is 38.8 Å². The summed E-state index contributed by atoms with van der Waals surface area (Å²) in [5, 5.41) is 2.62. The summed E-state index contributed by atoms with van der Waals surface area (Å²) < 4.78 is 52.8. The molecule has 2 unspecified atom stereocenters. The molecule has 1 saturated heterocycles. The summed E-state index contributed by atoms with van der Waals surface area (Å²) in [4.78, 5) is 32.0. The number of hydrogen-bond donors (Lipinski definition) is 2. The Balaban J connectivity index is 1.61. The van der Waals surface area contributed by atoms with Crippen LogP contribution in [0.4, 0.5) is 5.69 Å². The van der Waals surface area contributed by atoms with Gasteiger partial charge in [-0.05, 0) is 32.0 Å².